The molecule has 0 aliphatic carbocycles. The van der Waals surface area contributed by atoms with Crippen molar-refractivity contribution in [2.24, 2.45) is 0 Å². The topological polar surface area (TPSA) is 47.0 Å². The van der Waals surface area contributed by atoms with Crippen LogP contribution in [-0.2, 0) is 0 Å². The summed E-state index contributed by atoms with van der Waals surface area (Å²) in [7, 11) is 0. The number of fused-ring (bicyclic) bond motifs is 1. The van der Waals surface area contributed by atoms with Crippen LogP contribution in [0, 0.1) is 6.92 Å². The van der Waals surface area contributed by atoms with Gasteiger partial charge in [0.25, 0.3) is 0 Å². The van der Waals surface area contributed by atoms with Gasteiger partial charge in [-0.25, -0.2) is 9.97 Å². The monoisotopic (exact) mass is 271 g/mol. The second-order valence-corrected chi connectivity index (χ2v) is 5.39. The highest BCUT2D eigenvalue weighted by atomic mass is 16.5. The number of aromatic nitrogens is 2. The molecular formula is C16H21N3O. The Labute approximate surface area is 119 Å². The van der Waals surface area contributed by atoms with Gasteiger partial charge in [0.15, 0.2) is 0 Å². The number of aryl methyl sites for hydroxylation is 1. The average Bonchev–Trinajstić information content (AvgIpc) is 2.49. The first-order valence-electron chi connectivity index (χ1n) is 7.42. The van der Waals surface area contributed by atoms with Crippen LogP contribution in [0.4, 0.5) is 0 Å². The molecule has 2 aromatic rings. The number of para-hydroxylation sites is 2. The number of hydrogen-bond acceptors (Lipinski definition) is 4. The fraction of sp³-hybridized carbons (Fsp3) is 0.500. The van der Waals surface area contributed by atoms with E-state index in [4.69, 9.17) is 4.74 Å². The first kappa shape index (κ1) is 13.3. The number of hydrogen-bond donors (Lipinski definition) is 1. The Balaban J connectivity index is 1.63. The fourth-order valence-corrected chi connectivity index (χ4v) is 2.68. The van der Waals surface area contributed by atoms with Crippen LogP contribution >= 0.6 is 0 Å². The maximum Gasteiger partial charge on any atom is 0.235 e. The Bertz CT molecular complexity index is 579. The van der Waals surface area contributed by atoms with Crippen molar-refractivity contribution < 1.29 is 4.74 Å². The van der Waals surface area contributed by atoms with Gasteiger partial charge in [-0.1, -0.05) is 18.6 Å². The van der Waals surface area contributed by atoms with Gasteiger partial charge in [-0.05, 0) is 44.9 Å². The number of benzene rings is 1. The van der Waals surface area contributed by atoms with E-state index in [2.05, 4.69) is 15.3 Å². The van der Waals surface area contributed by atoms with Crippen LogP contribution in [0.5, 0.6) is 5.88 Å². The molecule has 1 fully saturated rings. The standard InChI is InChI=1S/C16H21N3O/c1-12-16(19-15-8-3-2-7-14(15)18-12)20-11-9-13-6-4-5-10-17-13/h2-3,7-8,13,17H,4-6,9-11H2,1H3. The van der Waals surface area contributed by atoms with Crippen molar-refractivity contribution in [2.75, 3.05) is 13.2 Å². The molecule has 106 valence electrons. The predicted octanol–water partition coefficient (Wildman–Crippen LogP) is 2.85. The minimum absolute atomic E-state index is 0.595. The smallest absolute Gasteiger partial charge is 0.235 e. The summed E-state index contributed by atoms with van der Waals surface area (Å²) >= 11 is 0. The minimum Gasteiger partial charge on any atom is -0.476 e. The Morgan fingerprint density at radius 3 is 2.75 bits per heavy atom. The van der Waals surface area contributed by atoms with Crippen molar-refractivity contribution in [2.45, 2.75) is 38.6 Å². The lowest BCUT2D eigenvalue weighted by Gasteiger charge is -2.23. The molecule has 0 spiro atoms. The lowest BCUT2D eigenvalue weighted by Crippen LogP contribution is -2.35. The Morgan fingerprint density at radius 1 is 1.20 bits per heavy atom. The van der Waals surface area contributed by atoms with E-state index in [1.807, 2.05) is 31.2 Å². The summed E-state index contributed by atoms with van der Waals surface area (Å²) in [5.41, 5.74) is 2.68. The van der Waals surface area contributed by atoms with Gasteiger partial charge < -0.3 is 10.1 Å². The van der Waals surface area contributed by atoms with E-state index in [9.17, 15) is 0 Å². The van der Waals surface area contributed by atoms with Gasteiger partial charge in [0.05, 0.1) is 17.6 Å². The van der Waals surface area contributed by atoms with Gasteiger partial charge in [0.1, 0.15) is 5.69 Å². The normalized spacial score (nSPS) is 19.1. The van der Waals surface area contributed by atoms with E-state index < -0.39 is 0 Å². The second kappa shape index (κ2) is 6.18. The van der Waals surface area contributed by atoms with Gasteiger partial charge in [-0.2, -0.15) is 0 Å². The van der Waals surface area contributed by atoms with Gasteiger partial charge in [-0.15, -0.1) is 0 Å². The van der Waals surface area contributed by atoms with Gasteiger partial charge in [-0.3, -0.25) is 0 Å². The second-order valence-electron chi connectivity index (χ2n) is 5.39. The molecule has 1 aromatic heterocycles. The van der Waals surface area contributed by atoms with Crippen molar-refractivity contribution in [1.82, 2.24) is 15.3 Å². The molecular weight excluding hydrogens is 250 g/mol. The summed E-state index contributed by atoms with van der Waals surface area (Å²) in [4.78, 5) is 9.09. The van der Waals surface area contributed by atoms with Crippen LogP contribution in [0.3, 0.4) is 0 Å². The molecule has 4 nitrogen and oxygen atoms in total. The Kier molecular flexibility index (Phi) is 4.11. The van der Waals surface area contributed by atoms with E-state index in [0.717, 1.165) is 29.7 Å². The predicted molar refractivity (Wildman–Crippen MR) is 80.0 cm³/mol. The third kappa shape index (κ3) is 3.07. The van der Waals surface area contributed by atoms with E-state index in [1.165, 1.54) is 19.3 Å². The lowest BCUT2D eigenvalue weighted by molar-refractivity contribution is 0.259. The third-order valence-electron chi connectivity index (χ3n) is 3.82. The molecule has 1 atom stereocenters. The Hall–Kier alpha value is -1.68. The molecule has 1 aliphatic rings. The van der Waals surface area contributed by atoms with Crippen LogP contribution in [0.25, 0.3) is 11.0 Å². The molecule has 20 heavy (non-hydrogen) atoms. The zero-order valence-electron chi connectivity index (χ0n) is 11.9. The van der Waals surface area contributed by atoms with Crippen LogP contribution in [0.2, 0.25) is 0 Å². The molecule has 1 saturated heterocycles. The van der Waals surface area contributed by atoms with Crippen molar-refractivity contribution >= 4 is 11.0 Å². The third-order valence-corrected chi connectivity index (χ3v) is 3.82. The molecule has 3 rings (SSSR count). The van der Waals surface area contributed by atoms with Crippen molar-refractivity contribution in [3.8, 4) is 5.88 Å². The number of nitrogens with one attached hydrogen (secondary N) is 1. The SMILES string of the molecule is Cc1nc2ccccc2nc1OCCC1CCCCN1. The quantitative estimate of drug-likeness (QED) is 0.929. The first-order valence-corrected chi connectivity index (χ1v) is 7.42. The molecule has 1 aliphatic heterocycles. The summed E-state index contributed by atoms with van der Waals surface area (Å²) in [5.74, 6) is 0.666. The van der Waals surface area contributed by atoms with Crippen LogP contribution in [0.1, 0.15) is 31.4 Å². The molecule has 2 heterocycles. The van der Waals surface area contributed by atoms with Crippen molar-refractivity contribution in [1.29, 1.82) is 0 Å². The van der Waals surface area contributed by atoms with Crippen LogP contribution < -0.4 is 10.1 Å². The number of rotatable bonds is 4. The highest BCUT2D eigenvalue weighted by Gasteiger charge is 2.13. The summed E-state index contributed by atoms with van der Waals surface area (Å²) in [6.07, 6.45) is 4.92. The number of piperidine rings is 1. The average molecular weight is 271 g/mol. The van der Waals surface area contributed by atoms with E-state index in [1.54, 1.807) is 0 Å². The van der Waals surface area contributed by atoms with E-state index in [-0.39, 0.29) is 0 Å². The first-order chi connectivity index (χ1) is 9.83. The molecule has 0 bridgehead atoms. The van der Waals surface area contributed by atoms with Gasteiger partial charge >= 0.3 is 0 Å². The minimum atomic E-state index is 0.595. The zero-order chi connectivity index (χ0) is 13.8. The van der Waals surface area contributed by atoms with Gasteiger partial charge in [0, 0.05) is 6.04 Å². The molecule has 0 radical (unpaired) electrons. The lowest BCUT2D eigenvalue weighted by atomic mass is 10.0. The molecule has 1 unspecified atom stereocenters. The zero-order valence-corrected chi connectivity index (χ0v) is 11.9. The van der Waals surface area contributed by atoms with Crippen molar-refractivity contribution in [3.05, 3.63) is 30.0 Å². The maximum absolute atomic E-state index is 5.83. The molecule has 0 saturated carbocycles. The van der Waals surface area contributed by atoms with E-state index >= 15 is 0 Å². The van der Waals surface area contributed by atoms with Crippen LogP contribution in [-0.4, -0.2) is 29.2 Å². The Morgan fingerprint density at radius 2 is 2.00 bits per heavy atom. The van der Waals surface area contributed by atoms with Gasteiger partial charge in [0.2, 0.25) is 5.88 Å². The number of ether oxygens (including phenoxy) is 1. The van der Waals surface area contributed by atoms with Crippen molar-refractivity contribution in [3.63, 3.8) is 0 Å². The summed E-state index contributed by atoms with van der Waals surface area (Å²) in [5, 5.41) is 3.53. The molecule has 4 heteroatoms. The molecule has 1 N–H and O–H groups in total. The maximum atomic E-state index is 5.83. The largest absolute Gasteiger partial charge is 0.476 e. The molecule has 1 aromatic carbocycles. The summed E-state index contributed by atoms with van der Waals surface area (Å²) in [6, 6.07) is 8.49. The highest BCUT2D eigenvalue weighted by Crippen LogP contribution is 2.18. The fourth-order valence-electron chi connectivity index (χ4n) is 2.68. The van der Waals surface area contributed by atoms with E-state index in [0.29, 0.717) is 18.5 Å². The number of nitrogens with zero attached hydrogens (tertiary/aromatic N) is 2. The summed E-state index contributed by atoms with van der Waals surface area (Å²) in [6.45, 7) is 3.79. The summed E-state index contributed by atoms with van der Waals surface area (Å²) < 4.78 is 5.83. The van der Waals surface area contributed by atoms with Crippen LogP contribution in [0.15, 0.2) is 24.3 Å². The highest BCUT2D eigenvalue weighted by molar-refractivity contribution is 5.74. The molecule has 0 amide bonds.